The van der Waals surface area contributed by atoms with Crippen molar-refractivity contribution in [3.8, 4) is 5.75 Å². The number of Topliss-reactive ketones (excluding diaryl/α,β-unsaturated/α-hetero) is 1. The lowest BCUT2D eigenvalue weighted by atomic mass is 10.1. The van der Waals surface area contributed by atoms with E-state index in [1.165, 1.54) is 18.1 Å². The smallest absolute Gasteiger partial charge is 0.173 e. The highest BCUT2D eigenvalue weighted by Gasteiger charge is 2.07. The van der Waals surface area contributed by atoms with E-state index in [2.05, 4.69) is 9.97 Å². The van der Waals surface area contributed by atoms with Crippen LogP contribution in [0.15, 0.2) is 47.9 Å². The number of ketones is 1. The number of nitrogens with zero attached hydrogens (tertiary/aromatic N) is 2. The summed E-state index contributed by atoms with van der Waals surface area (Å²) in [5, 5.41) is 0.800. The summed E-state index contributed by atoms with van der Waals surface area (Å²) < 4.78 is 5.34. The van der Waals surface area contributed by atoms with Crippen molar-refractivity contribution in [3.63, 3.8) is 0 Å². The van der Waals surface area contributed by atoms with Gasteiger partial charge in [0.05, 0.1) is 17.4 Å². The van der Waals surface area contributed by atoms with Crippen LogP contribution in [0.25, 0.3) is 0 Å². The minimum atomic E-state index is 0.0756. The van der Waals surface area contributed by atoms with E-state index in [0.29, 0.717) is 17.9 Å². The van der Waals surface area contributed by atoms with Crippen molar-refractivity contribution in [2.24, 2.45) is 0 Å². The fraction of sp³-hybridized carbons (Fsp3) is 0.214. The Bertz CT molecular complexity index is 529. The Labute approximate surface area is 116 Å². The van der Waals surface area contributed by atoms with Gasteiger partial charge in [0, 0.05) is 11.8 Å². The maximum absolute atomic E-state index is 12.0. The molecule has 0 aliphatic rings. The van der Waals surface area contributed by atoms with Gasteiger partial charge in [0.2, 0.25) is 0 Å². The van der Waals surface area contributed by atoms with Crippen LogP contribution in [0.5, 0.6) is 5.75 Å². The second-order valence-corrected chi connectivity index (χ2v) is 4.71. The number of ether oxygens (including phenoxy) is 1. The van der Waals surface area contributed by atoms with Crippen molar-refractivity contribution in [1.82, 2.24) is 9.97 Å². The quantitative estimate of drug-likeness (QED) is 0.460. The van der Waals surface area contributed by atoms with Crippen molar-refractivity contribution in [1.29, 1.82) is 0 Å². The maximum atomic E-state index is 12.0. The molecule has 0 amide bonds. The Hall–Kier alpha value is -1.88. The van der Waals surface area contributed by atoms with Gasteiger partial charge in [-0.15, -0.1) is 0 Å². The number of thioether (sulfide) groups is 1. The van der Waals surface area contributed by atoms with Crippen molar-refractivity contribution < 1.29 is 9.53 Å². The summed E-state index contributed by atoms with van der Waals surface area (Å²) in [4.78, 5) is 19.9. The van der Waals surface area contributed by atoms with E-state index in [1.807, 2.05) is 19.1 Å². The molecule has 19 heavy (non-hydrogen) atoms. The molecule has 0 radical (unpaired) electrons. The van der Waals surface area contributed by atoms with Crippen LogP contribution >= 0.6 is 11.8 Å². The van der Waals surface area contributed by atoms with Crippen LogP contribution in [0.4, 0.5) is 0 Å². The Morgan fingerprint density at radius 3 is 2.68 bits per heavy atom. The lowest BCUT2D eigenvalue weighted by Gasteiger charge is -2.04. The molecule has 2 rings (SSSR count). The van der Waals surface area contributed by atoms with Gasteiger partial charge in [0.1, 0.15) is 12.1 Å². The van der Waals surface area contributed by atoms with Gasteiger partial charge in [-0.25, -0.2) is 9.97 Å². The summed E-state index contributed by atoms with van der Waals surface area (Å²) in [5.74, 6) is 1.22. The van der Waals surface area contributed by atoms with Gasteiger partial charge in [-0.05, 0) is 37.3 Å². The fourth-order valence-electron chi connectivity index (χ4n) is 1.49. The van der Waals surface area contributed by atoms with Gasteiger partial charge in [-0.2, -0.15) is 0 Å². The van der Waals surface area contributed by atoms with E-state index in [9.17, 15) is 4.79 Å². The summed E-state index contributed by atoms with van der Waals surface area (Å²) >= 11 is 1.41. The van der Waals surface area contributed by atoms with Crippen LogP contribution in [-0.2, 0) is 0 Å². The molecule has 0 saturated carbocycles. The minimum Gasteiger partial charge on any atom is -0.494 e. The van der Waals surface area contributed by atoms with Gasteiger partial charge in [-0.3, -0.25) is 4.79 Å². The van der Waals surface area contributed by atoms with Crippen LogP contribution in [0.1, 0.15) is 17.3 Å². The Kier molecular flexibility index (Phi) is 4.92. The highest BCUT2D eigenvalue weighted by Crippen LogP contribution is 2.17. The molecule has 0 saturated heterocycles. The molecule has 1 heterocycles. The first kappa shape index (κ1) is 13.5. The second-order valence-electron chi connectivity index (χ2n) is 3.72. The van der Waals surface area contributed by atoms with Crippen molar-refractivity contribution in [2.75, 3.05) is 12.4 Å². The Morgan fingerprint density at radius 2 is 2.05 bits per heavy atom. The third-order valence-electron chi connectivity index (χ3n) is 2.39. The van der Waals surface area contributed by atoms with Crippen LogP contribution in [0.3, 0.4) is 0 Å². The highest BCUT2D eigenvalue weighted by atomic mass is 32.2. The summed E-state index contributed by atoms with van der Waals surface area (Å²) in [6.45, 7) is 2.55. The molecule has 0 unspecified atom stereocenters. The molecule has 98 valence electrons. The molecule has 0 aliphatic carbocycles. The van der Waals surface area contributed by atoms with E-state index in [0.717, 1.165) is 10.8 Å². The molecule has 2 aromatic rings. The second kappa shape index (κ2) is 6.89. The predicted octanol–water partition coefficient (Wildman–Crippen LogP) is 2.85. The molecule has 0 fully saturated rings. The molecule has 0 bridgehead atoms. The lowest BCUT2D eigenvalue weighted by molar-refractivity contribution is 0.102. The number of hydrogen-bond acceptors (Lipinski definition) is 5. The number of benzene rings is 1. The molecule has 1 aromatic heterocycles. The predicted molar refractivity (Wildman–Crippen MR) is 74.7 cm³/mol. The zero-order valence-electron chi connectivity index (χ0n) is 10.6. The van der Waals surface area contributed by atoms with E-state index < -0.39 is 0 Å². The van der Waals surface area contributed by atoms with Gasteiger partial charge in [0.25, 0.3) is 0 Å². The minimum absolute atomic E-state index is 0.0756. The normalized spacial score (nSPS) is 10.2. The van der Waals surface area contributed by atoms with Crippen LogP contribution in [0, 0.1) is 0 Å². The molecule has 0 N–H and O–H groups in total. The third-order valence-corrected chi connectivity index (χ3v) is 3.34. The van der Waals surface area contributed by atoms with Gasteiger partial charge in [-0.1, -0.05) is 11.8 Å². The first-order valence-electron chi connectivity index (χ1n) is 5.94. The monoisotopic (exact) mass is 274 g/mol. The summed E-state index contributed by atoms with van der Waals surface area (Å²) in [6, 6.07) is 8.98. The van der Waals surface area contributed by atoms with Gasteiger partial charge >= 0.3 is 0 Å². The van der Waals surface area contributed by atoms with E-state index in [1.54, 1.807) is 24.4 Å². The number of carbonyl (C=O) groups excluding carboxylic acids is 1. The van der Waals surface area contributed by atoms with E-state index in [-0.39, 0.29) is 5.78 Å². The first-order valence-corrected chi connectivity index (χ1v) is 6.93. The lowest BCUT2D eigenvalue weighted by Crippen LogP contribution is -2.02. The molecule has 0 atom stereocenters. The summed E-state index contributed by atoms with van der Waals surface area (Å²) in [5.41, 5.74) is 0.685. The van der Waals surface area contributed by atoms with Crippen molar-refractivity contribution in [3.05, 3.63) is 48.4 Å². The third kappa shape index (κ3) is 4.06. The molecule has 4 nitrogen and oxygen atoms in total. The van der Waals surface area contributed by atoms with Crippen molar-refractivity contribution in [2.45, 2.75) is 11.9 Å². The van der Waals surface area contributed by atoms with Gasteiger partial charge in [0.15, 0.2) is 5.78 Å². The average molecular weight is 274 g/mol. The number of hydrogen-bond donors (Lipinski definition) is 0. The first-order chi connectivity index (χ1) is 9.29. The highest BCUT2D eigenvalue weighted by molar-refractivity contribution is 7.99. The zero-order chi connectivity index (χ0) is 13.5. The van der Waals surface area contributed by atoms with Crippen LogP contribution < -0.4 is 4.74 Å². The zero-order valence-corrected chi connectivity index (χ0v) is 11.4. The molecule has 5 heteroatoms. The standard InChI is InChI=1S/C14H14N2O2S/c1-2-18-12-5-3-11(4-6-12)13(17)9-19-14-7-8-15-10-16-14/h3-8,10H,2,9H2,1H3. The van der Waals surface area contributed by atoms with Gasteiger partial charge < -0.3 is 4.74 Å². The van der Waals surface area contributed by atoms with Crippen LogP contribution in [-0.4, -0.2) is 28.1 Å². The largest absolute Gasteiger partial charge is 0.494 e. The van der Waals surface area contributed by atoms with Crippen molar-refractivity contribution >= 4 is 17.5 Å². The molecule has 0 aliphatic heterocycles. The number of rotatable bonds is 6. The topological polar surface area (TPSA) is 52.1 Å². The summed E-state index contributed by atoms with van der Waals surface area (Å²) in [7, 11) is 0. The number of aromatic nitrogens is 2. The Morgan fingerprint density at radius 1 is 1.26 bits per heavy atom. The fourth-order valence-corrected chi connectivity index (χ4v) is 2.21. The van der Waals surface area contributed by atoms with E-state index in [4.69, 9.17) is 4.74 Å². The molecular weight excluding hydrogens is 260 g/mol. The molecule has 1 aromatic carbocycles. The average Bonchev–Trinajstić information content (AvgIpc) is 2.47. The molecule has 0 spiro atoms. The van der Waals surface area contributed by atoms with Crippen LogP contribution in [0.2, 0.25) is 0 Å². The number of carbonyl (C=O) groups is 1. The summed E-state index contributed by atoms with van der Waals surface area (Å²) in [6.07, 6.45) is 3.14. The SMILES string of the molecule is CCOc1ccc(C(=O)CSc2ccncn2)cc1. The van der Waals surface area contributed by atoms with E-state index >= 15 is 0 Å². The Balaban J connectivity index is 1.92. The molecular formula is C14H14N2O2S. The maximum Gasteiger partial charge on any atom is 0.173 e.